The Morgan fingerprint density at radius 2 is 0.871 bits per heavy atom. The molecule has 0 unspecified atom stereocenters. The summed E-state index contributed by atoms with van der Waals surface area (Å²) in [6.07, 6.45) is 1.05. The first-order valence-electron chi connectivity index (χ1n) is 10.5. The molecule has 4 aromatic carbocycles. The summed E-state index contributed by atoms with van der Waals surface area (Å²) in [5, 5.41) is 2.73. The van der Waals surface area contributed by atoms with Gasteiger partial charge in [0.25, 0.3) is 0 Å². The molecule has 156 valence electrons. The van der Waals surface area contributed by atoms with Crippen molar-refractivity contribution in [3.05, 3.63) is 97.1 Å². The van der Waals surface area contributed by atoms with E-state index in [1.807, 2.05) is 24.3 Å². The highest BCUT2D eigenvalue weighted by Gasteiger charge is 2.21. The molecule has 2 nitrogen and oxygen atoms in total. The van der Waals surface area contributed by atoms with Crippen LogP contribution in [0, 0.1) is 0 Å². The fraction of sp³-hybridized carbons (Fsp3) is 0.143. The van der Waals surface area contributed by atoms with E-state index < -0.39 is 7.92 Å². The maximum absolute atomic E-state index is 5.69. The van der Waals surface area contributed by atoms with Crippen LogP contribution in [0.4, 0.5) is 0 Å². The van der Waals surface area contributed by atoms with Crippen LogP contribution < -0.4 is 20.1 Å². The Balaban J connectivity index is 1.90. The molecule has 0 amide bonds. The zero-order chi connectivity index (χ0) is 21.6. The molecule has 0 aliphatic heterocycles. The van der Waals surface area contributed by atoms with Gasteiger partial charge in [-0.05, 0) is 48.0 Å². The predicted molar refractivity (Wildman–Crippen MR) is 134 cm³/mol. The van der Waals surface area contributed by atoms with Crippen LogP contribution in [-0.4, -0.2) is 20.4 Å². The van der Waals surface area contributed by atoms with Crippen LogP contribution in [0.15, 0.2) is 97.1 Å². The molecule has 0 aliphatic carbocycles. The normalized spacial score (nSPS) is 10.8. The largest absolute Gasteiger partial charge is 0.496 e. The predicted octanol–water partition coefficient (Wildman–Crippen LogP) is 6.49. The summed E-state index contributed by atoms with van der Waals surface area (Å²) in [7, 11) is 2.89. The van der Waals surface area contributed by atoms with Crippen LogP contribution in [0.3, 0.4) is 0 Å². The molecule has 0 N–H and O–H groups in total. The number of benzene rings is 4. The van der Waals surface area contributed by atoms with E-state index in [1.54, 1.807) is 14.2 Å². The fourth-order valence-corrected chi connectivity index (χ4v) is 6.52. The summed E-state index contributed by atoms with van der Waals surface area (Å²) in [5.41, 5.74) is 4.75. The molecule has 0 aliphatic rings. The average Bonchev–Trinajstić information content (AvgIpc) is 2.85. The van der Waals surface area contributed by atoms with Gasteiger partial charge in [-0.3, -0.25) is 0 Å². The summed E-state index contributed by atoms with van der Waals surface area (Å²) in [6.45, 7) is 2.28. The minimum atomic E-state index is -0.583. The Kier molecular flexibility index (Phi) is 6.70. The second-order valence-corrected chi connectivity index (χ2v) is 9.63. The third-order valence-corrected chi connectivity index (χ3v) is 8.08. The molecule has 31 heavy (non-hydrogen) atoms. The SMILES string of the molecule is CCP(c1ccccc1-c1ccccc1OC)c1ccccc1-c1ccccc1OC. The quantitative estimate of drug-likeness (QED) is 0.315. The summed E-state index contributed by atoms with van der Waals surface area (Å²) < 4.78 is 11.4. The van der Waals surface area contributed by atoms with E-state index in [0.717, 1.165) is 28.8 Å². The molecule has 0 atom stereocenters. The molecular formula is C28H27O2P. The van der Waals surface area contributed by atoms with Crippen molar-refractivity contribution in [2.45, 2.75) is 6.92 Å². The van der Waals surface area contributed by atoms with Crippen LogP contribution >= 0.6 is 7.92 Å². The molecular weight excluding hydrogens is 399 g/mol. The van der Waals surface area contributed by atoms with E-state index in [4.69, 9.17) is 9.47 Å². The smallest absolute Gasteiger partial charge is 0.126 e. The minimum absolute atomic E-state index is 0.583. The molecule has 3 heteroatoms. The van der Waals surface area contributed by atoms with E-state index in [2.05, 4.69) is 79.7 Å². The Morgan fingerprint density at radius 1 is 0.516 bits per heavy atom. The number of ether oxygens (including phenoxy) is 2. The van der Waals surface area contributed by atoms with E-state index >= 15 is 0 Å². The lowest BCUT2D eigenvalue weighted by molar-refractivity contribution is 0.416. The Bertz CT molecular complexity index is 1080. The monoisotopic (exact) mass is 426 g/mol. The van der Waals surface area contributed by atoms with E-state index in [9.17, 15) is 0 Å². The first-order chi connectivity index (χ1) is 15.3. The fourth-order valence-electron chi connectivity index (χ4n) is 4.08. The van der Waals surface area contributed by atoms with Crippen molar-refractivity contribution in [3.8, 4) is 33.8 Å². The molecule has 0 fully saturated rings. The molecule has 0 saturated heterocycles. The van der Waals surface area contributed by atoms with Crippen LogP contribution in [-0.2, 0) is 0 Å². The molecule has 0 aromatic heterocycles. The van der Waals surface area contributed by atoms with Crippen molar-refractivity contribution in [2.24, 2.45) is 0 Å². The van der Waals surface area contributed by atoms with Gasteiger partial charge >= 0.3 is 0 Å². The standard InChI is InChI=1S/C28H27O2P/c1-4-31(27-19-11-7-15-23(27)21-13-5-9-17-25(21)29-2)28-20-12-8-16-24(28)22-14-6-10-18-26(22)30-3/h5-20H,4H2,1-3H3. The number of hydrogen-bond donors (Lipinski definition) is 0. The van der Waals surface area contributed by atoms with Gasteiger partial charge in [-0.25, -0.2) is 0 Å². The van der Waals surface area contributed by atoms with Gasteiger partial charge in [0.05, 0.1) is 14.2 Å². The number of methoxy groups -OCH3 is 2. The summed E-state index contributed by atoms with van der Waals surface area (Å²) in [5.74, 6) is 1.80. The van der Waals surface area contributed by atoms with Crippen molar-refractivity contribution in [2.75, 3.05) is 20.4 Å². The van der Waals surface area contributed by atoms with Gasteiger partial charge in [0.15, 0.2) is 0 Å². The van der Waals surface area contributed by atoms with Gasteiger partial charge in [-0.1, -0.05) is 91.9 Å². The van der Waals surface area contributed by atoms with E-state index in [0.29, 0.717) is 0 Å². The average molecular weight is 426 g/mol. The molecule has 0 bridgehead atoms. The van der Waals surface area contributed by atoms with Gasteiger partial charge in [0, 0.05) is 11.1 Å². The van der Waals surface area contributed by atoms with Crippen molar-refractivity contribution in [1.82, 2.24) is 0 Å². The molecule has 4 rings (SSSR count). The van der Waals surface area contributed by atoms with Gasteiger partial charge in [0.2, 0.25) is 0 Å². The lowest BCUT2D eigenvalue weighted by Gasteiger charge is -2.24. The van der Waals surface area contributed by atoms with Crippen LogP contribution in [0.5, 0.6) is 11.5 Å². The van der Waals surface area contributed by atoms with Crippen molar-refractivity contribution in [3.63, 3.8) is 0 Å². The summed E-state index contributed by atoms with van der Waals surface area (Å²) in [6, 6.07) is 34.0. The number of hydrogen-bond acceptors (Lipinski definition) is 2. The Morgan fingerprint density at radius 3 is 1.26 bits per heavy atom. The highest BCUT2D eigenvalue weighted by Crippen LogP contribution is 2.43. The first-order valence-corrected chi connectivity index (χ1v) is 12.0. The summed E-state index contributed by atoms with van der Waals surface area (Å²) >= 11 is 0. The second kappa shape index (κ2) is 9.81. The number of para-hydroxylation sites is 2. The molecule has 0 heterocycles. The summed E-state index contributed by atoms with van der Waals surface area (Å²) in [4.78, 5) is 0. The highest BCUT2D eigenvalue weighted by atomic mass is 31.1. The molecule has 0 saturated carbocycles. The minimum Gasteiger partial charge on any atom is -0.496 e. The lowest BCUT2D eigenvalue weighted by Crippen LogP contribution is -2.17. The van der Waals surface area contributed by atoms with Crippen molar-refractivity contribution in [1.29, 1.82) is 0 Å². The zero-order valence-corrected chi connectivity index (χ0v) is 19.1. The number of rotatable bonds is 7. The van der Waals surface area contributed by atoms with Gasteiger partial charge in [-0.2, -0.15) is 0 Å². The maximum Gasteiger partial charge on any atom is 0.126 e. The van der Waals surface area contributed by atoms with E-state index in [1.165, 1.54) is 21.7 Å². The van der Waals surface area contributed by atoms with Gasteiger partial charge < -0.3 is 9.47 Å². The van der Waals surface area contributed by atoms with E-state index in [-0.39, 0.29) is 0 Å². The molecule has 0 radical (unpaired) electrons. The highest BCUT2D eigenvalue weighted by molar-refractivity contribution is 7.73. The third-order valence-electron chi connectivity index (χ3n) is 5.50. The van der Waals surface area contributed by atoms with Gasteiger partial charge in [0.1, 0.15) is 11.5 Å². The molecule has 4 aromatic rings. The zero-order valence-electron chi connectivity index (χ0n) is 18.2. The maximum atomic E-state index is 5.69. The Hall–Kier alpha value is -3.09. The second-order valence-electron chi connectivity index (χ2n) is 7.18. The van der Waals surface area contributed by atoms with Crippen LogP contribution in [0.25, 0.3) is 22.3 Å². The van der Waals surface area contributed by atoms with Crippen molar-refractivity contribution >= 4 is 18.5 Å². The van der Waals surface area contributed by atoms with Crippen LogP contribution in [0.1, 0.15) is 6.92 Å². The topological polar surface area (TPSA) is 18.5 Å². The first kappa shape index (κ1) is 21.2. The van der Waals surface area contributed by atoms with Crippen molar-refractivity contribution < 1.29 is 9.47 Å². The third kappa shape index (κ3) is 4.22. The van der Waals surface area contributed by atoms with Gasteiger partial charge in [-0.15, -0.1) is 0 Å². The van der Waals surface area contributed by atoms with Crippen LogP contribution in [0.2, 0.25) is 0 Å². The Labute approximate surface area is 186 Å². The molecule has 0 spiro atoms. The lowest BCUT2D eigenvalue weighted by atomic mass is 10.0.